The molecule has 0 bridgehead atoms. The number of carbonyl (C=O) groups excluding carboxylic acids is 1. The SMILES string of the molecule is CN1CCN(C(=O)N2CCC(N3CCOCC3)C2)CC1. The van der Waals surface area contributed by atoms with E-state index in [0.29, 0.717) is 6.04 Å². The number of urea groups is 1. The van der Waals surface area contributed by atoms with Gasteiger partial charge in [0.2, 0.25) is 0 Å². The Morgan fingerprint density at radius 2 is 1.65 bits per heavy atom. The van der Waals surface area contributed by atoms with Gasteiger partial charge in [0.15, 0.2) is 0 Å². The van der Waals surface area contributed by atoms with Crippen molar-refractivity contribution in [2.45, 2.75) is 12.5 Å². The highest BCUT2D eigenvalue weighted by molar-refractivity contribution is 5.75. The van der Waals surface area contributed by atoms with Gasteiger partial charge in [-0.25, -0.2) is 4.79 Å². The van der Waals surface area contributed by atoms with Crippen LogP contribution in [0.15, 0.2) is 0 Å². The summed E-state index contributed by atoms with van der Waals surface area (Å²) < 4.78 is 5.40. The molecular formula is C14H26N4O2. The zero-order chi connectivity index (χ0) is 13.9. The highest BCUT2D eigenvalue weighted by Crippen LogP contribution is 2.18. The van der Waals surface area contributed by atoms with Crippen molar-refractivity contribution < 1.29 is 9.53 Å². The fourth-order valence-electron chi connectivity index (χ4n) is 3.35. The summed E-state index contributed by atoms with van der Waals surface area (Å²) >= 11 is 0. The van der Waals surface area contributed by atoms with Gasteiger partial charge in [-0.3, -0.25) is 4.90 Å². The molecule has 3 saturated heterocycles. The number of nitrogens with zero attached hydrogens (tertiary/aromatic N) is 4. The summed E-state index contributed by atoms with van der Waals surface area (Å²) in [5.74, 6) is 0. The van der Waals surface area contributed by atoms with Gasteiger partial charge in [0.1, 0.15) is 0 Å². The minimum atomic E-state index is 0.244. The topological polar surface area (TPSA) is 39.3 Å². The Morgan fingerprint density at radius 1 is 0.950 bits per heavy atom. The van der Waals surface area contributed by atoms with E-state index in [1.165, 1.54) is 0 Å². The molecule has 0 spiro atoms. The molecule has 20 heavy (non-hydrogen) atoms. The summed E-state index contributed by atoms with van der Waals surface area (Å²) in [5.41, 5.74) is 0. The third-order valence-corrected chi connectivity index (χ3v) is 4.77. The molecule has 3 heterocycles. The number of piperazine rings is 1. The molecule has 1 atom stereocenters. The van der Waals surface area contributed by atoms with Crippen molar-refractivity contribution in [1.29, 1.82) is 0 Å². The second-order valence-electron chi connectivity index (χ2n) is 6.11. The van der Waals surface area contributed by atoms with Gasteiger partial charge in [0.25, 0.3) is 0 Å². The van der Waals surface area contributed by atoms with E-state index in [4.69, 9.17) is 4.74 Å². The maximum Gasteiger partial charge on any atom is 0.320 e. The Kier molecular flexibility index (Phi) is 4.43. The van der Waals surface area contributed by atoms with E-state index < -0.39 is 0 Å². The lowest BCUT2D eigenvalue weighted by molar-refractivity contribution is 0.0187. The van der Waals surface area contributed by atoms with Crippen molar-refractivity contribution in [3.63, 3.8) is 0 Å². The molecule has 3 fully saturated rings. The number of likely N-dealkylation sites (N-methyl/N-ethyl adjacent to an activating group) is 1. The van der Waals surface area contributed by atoms with E-state index in [-0.39, 0.29) is 6.03 Å². The maximum absolute atomic E-state index is 12.5. The monoisotopic (exact) mass is 282 g/mol. The lowest BCUT2D eigenvalue weighted by Gasteiger charge is -2.35. The van der Waals surface area contributed by atoms with Crippen molar-refractivity contribution in [3.8, 4) is 0 Å². The first-order valence-electron chi connectivity index (χ1n) is 7.78. The Balaban J connectivity index is 1.50. The molecule has 0 aromatic carbocycles. The summed E-state index contributed by atoms with van der Waals surface area (Å²) in [4.78, 5) is 21.4. The second kappa shape index (κ2) is 6.28. The number of rotatable bonds is 1. The zero-order valence-corrected chi connectivity index (χ0v) is 12.5. The van der Waals surface area contributed by atoms with E-state index in [1.54, 1.807) is 0 Å². The van der Waals surface area contributed by atoms with Gasteiger partial charge >= 0.3 is 6.03 Å². The fourth-order valence-corrected chi connectivity index (χ4v) is 3.35. The van der Waals surface area contributed by atoms with Crippen LogP contribution >= 0.6 is 0 Å². The molecule has 2 amide bonds. The van der Waals surface area contributed by atoms with Crippen LogP contribution in [0.5, 0.6) is 0 Å². The van der Waals surface area contributed by atoms with Crippen molar-refractivity contribution in [1.82, 2.24) is 19.6 Å². The number of hydrogen-bond donors (Lipinski definition) is 0. The number of morpholine rings is 1. The standard InChI is InChI=1S/C14H26N4O2/c1-15-4-6-17(7-5-15)14(19)18-3-2-13(12-18)16-8-10-20-11-9-16/h13H,2-12H2,1H3. The molecule has 114 valence electrons. The Hall–Kier alpha value is -0.850. The van der Waals surface area contributed by atoms with Crippen LogP contribution in [0.1, 0.15) is 6.42 Å². The van der Waals surface area contributed by atoms with E-state index in [9.17, 15) is 4.79 Å². The number of hydrogen-bond acceptors (Lipinski definition) is 4. The first-order chi connectivity index (χ1) is 9.74. The van der Waals surface area contributed by atoms with Crippen LogP contribution in [0.3, 0.4) is 0 Å². The predicted octanol–water partition coefficient (Wildman–Crippen LogP) is -0.240. The number of likely N-dealkylation sites (tertiary alicyclic amines) is 1. The molecule has 0 aromatic rings. The molecule has 0 aromatic heterocycles. The Labute approximate surface area is 121 Å². The molecule has 1 unspecified atom stereocenters. The van der Waals surface area contributed by atoms with Crippen LogP contribution in [0.2, 0.25) is 0 Å². The predicted molar refractivity (Wildman–Crippen MR) is 76.8 cm³/mol. The maximum atomic E-state index is 12.5. The van der Waals surface area contributed by atoms with Crippen LogP contribution in [0.4, 0.5) is 4.79 Å². The van der Waals surface area contributed by atoms with Crippen molar-refractivity contribution in [2.75, 3.05) is 72.6 Å². The summed E-state index contributed by atoms with van der Waals surface area (Å²) in [5, 5.41) is 0. The zero-order valence-electron chi connectivity index (χ0n) is 12.5. The lowest BCUT2D eigenvalue weighted by atomic mass is 10.2. The molecular weight excluding hydrogens is 256 g/mol. The summed E-state index contributed by atoms with van der Waals surface area (Å²) in [6, 6.07) is 0.782. The highest BCUT2D eigenvalue weighted by atomic mass is 16.5. The van der Waals surface area contributed by atoms with Gasteiger partial charge < -0.3 is 19.4 Å². The molecule has 6 nitrogen and oxygen atoms in total. The third kappa shape index (κ3) is 3.07. The normalized spacial score (nSPS) is 29.9. The Bertz CT molecular complexity index is 338. The van der Waals surface area contributed by atoms with Gasteiger partial charge in [-0.05, 0) is 13.5 Å². The molecule has 0 N–H and O–H groups in total. The van der Waals surface area contributed by atoms with Gasteiger partial charge in [0, 0.05) is 58.4 Å². The lowest BCUT2D eigenvalue weighted by Crippen LogP contribution is -2.52. The van der Waals surface area contributed by atoms with E-state index in [1.807, 2.05) is 9.80 Å². The average Bonchev–Trinajstić information content (AvgIpc) is 2.98. The Morgan fingerprint density at radius 3 is 2.35 bits per heavy atom. The molecule has 0 radical (unpaired) electrons. The fraction of sp³-hybridized carbons (Fsp3) is 0.929. The molecule has 0 aliphatic carbocycles. The molecule has 3 rings (SSSR count). The van der Waals surface area contributed by atoms with Crippen LogP contribution < -0.4 is 0 Å². The second-order valence-corrected chi connectivity index (χ2v) is 6.11. The number of ether oxygens (including phenoxy) is 1. The first-order valence-corrected chi connectivity index (χ1v) is 7.78. The van der Waals surface area contributed by atoms with Crippen LogP contribution in [-0.4, -0.2) is 104 Å². The van der Waals surface area contributed by atoms with E-state index in [0.717, 1.165) is 72.0 Å². The number of amides is 2. The average molecular weight is 282 g/mol. The minimum absolute atomic E-state index is 0.244. The summed E-state index contributed by atoms with van der Waals surface area (Å²) in [6.45, 7) is 9.23. The molecule has 6 heteroatoms. The molecule has 0 saturated carbocycles. The van der Waals surface area contributed by atoms with Crippen LogP contribution in [0.25, 0.3) is 0 Å². The summed E-state index contributed by atoms with van der Waals surface area (Å²) in [6.07, 6.45) is 1.11. The highest BCUT2D eigenvalue weighted by Gasteiger charge is 2.33. The van der Waals surface area contributed by atoms with Crippen molar-refractivity contribution in [3.05, 3.63) is 0 Å². The van der Waals surface area contributed by atoms with Gasteiger partial charge in [-0.2, -0.15) is 0 Å². The molecule has 3 aliphatic heterocycles. The summed E-state index contributed by atoms with van der Waals surface area (Å²) in [7, 11) is 2.12. The molecule has 3 aliphatic rings. The largest absolute Gasteiger partial charge is 0.379 e. The van der Waals surface area contributed by atoms with Crippen LogP contribution in [-0.2, 0) is 4.74 Å². The van der Waals surface area contributed by atoms with E-state index >= 15 is 0 Å². The number of carbonyl (C=O) groups is 1. The van der Waals surface area contributed by atoms with E-state index in [2.05, 4.69) is 16.8 Å². The van der Waals surface area contributed by atoms with Gasteiger partial charge in [0.05, 0.1) is 13.2 Å². The minimum Gasteiger partial charge on any atom is -0.379 e. The van der Waals surface area contributed by atoms with Crippen molar-refractivity contribution >= 4 is 6.03 Å². The quantitative estimate of drug-likeness (QED) is 0.665. The van der Waals surface area contributed by atoms with Gasteiger partial charge in [-0.1, -0.05) is 0 Å². The van der Waals surface area contributed by atoms with Crippen LogP contribution in [0, 0.1) is 0 Å². The first kappa shape index (κ1) is 14.1. The van der Waals surface area contributed by atoms with Crippen molar-refractivity contribution in [2.24, 2.45) is 0 Å². The third-order valence-electron chi connectivity index (χ3n) is 4.77. The smallest absolute Gasteiger partial charge is 0.320 e. The van der Waals surface area contributed by atoms with Gasteiger partial charge in [-0.15, -0.1) is 0 Å².